The van der Waals surface area contributed by atoms with Crippen LogP contribution in [0.5, 0.6) is 0 Å². The third-order valence-electron chi connectivity index (χ3n) is 2.85. The molecule has 2 amide bonds. The van der Waals surface area contributed by atoms with Crippen molar-refractivity contribution in [1.82, 2.24) is 9.80 Å². The second-order valence-electron chi connectivity index (χ2n) is 4.24. The largest absolute Gasteiger partial charge is 0.478 e. The van der Waals surface area contributed by atoms with Crippen LogP contribution in [0.25, 0.3) is 0 Å². The average molecular weight is 254 g/mol. The summed E-state index contributed by atoms with van der Waals surface area (Å²) in [5, 5.41) is 8.69. The lowest BCUT2D eigenvalue weighted by atomic mass is 10.2. The Morgan fingerprint density at radius 1 is 1.28 bits per heavy atom. The van der Waals surface area contributed by atoms with Crippen molar-refractivity contribution in [2.75, 3.05) is 26.2 Å². The summed E-state index contributed by atoms with van der Waals surface area (Å²) in [6.07, 6.45) is 2.26. The highest BCUT2D eigenvalue weighted by Gasteiger charge is 2.31. The van der Waals surface area contributed by atoms with E-state index in [1.165, 1.54) is 22.8 Å². The summed E-state index contributed by atoms with van der Waals surface area (Å²) in [4.78, 5) is 37.0. The monoisotopic (exact) mass is 254 g/mol. The fourth-order valence-corrected chi connectivity index (χ4v) is 1.71. The van der Waals surface area contributed by atoms with Gasteiger partial charge in [0.1, 0.15) is 0 Å². The molecule has 0 aromatic rings. The predicted octanol–water partition coefficient (Wildman–Crippen LogP) is 0.0981. The normalized spacial score (nSPS) is 17.3. The zero-order valence-electron chi connectivity index (χ0n) is 10.7. The van der Waals surface area contributed by atoms with Crippen LogP contribution in [0.4, 0.5) is 0 Å². The van der Waals surface area contributed by atoms with Crippen LogP contribution >= 0.6 is 0 Å². The van der Waals surface area contributed by atoms with Crippen molar-refractivity contribution >= 4 is 17.8 Å². The molecule has 0 aromatic heterocycles. The van der Waals surface area contributed by atoms with Crippen LogP contribution in [0.1, 0.15) is 20.3 Å². The highest BCUT2D eigenvalue weighted by atomic mass is 16.4. The minimum Gasteiger partial charge on any atom is -0.478 e. The van der Waals surface area contributed by atoms with Crippen LogP contribution in [0.15, 0.2) is 11.6 Å². The van der Waals surface area contributed by atoms with E-state index in [9.17, 15) is 14.4 Å². The molecule has 0 bridgehead atoms. The van der Waals surface area contributed by atoms with E-state index in [-0.39, 0.29) is 12.1 Å². The van der Waals surface area contributed by atoms with E-state index in [0.717, 1.165) is 6.42 Å². The second-order valence-corrected chi connectivity index (χ2v) is 4.24. The Morgan fingerprint density at radius 3 is 2.39 bits per heavy atom. The number of carboxylic acids is 1. The van der Waals surface area contributed by atoms with Crippen LogP contribution in [0, 0.1) is 0 Å². The Balaban J connectivity index is 2.61. The molecule has 6 nitrogen and oxygen atoms in total. The Morgan fingerprint density at radius 2 is 1.83 bits per heavy atom. The van der Waals surface area contributed by atoms with Gasteiger partial charge in [-0.2, -0.15) is 0 Å². The van der Waals surface area contributed by atoms with Crippen molar-refractivity contribution in [2.24, 2.45) is 0 Å². The van der Waals surface area contributed by atoms with Gasteiger partial charge < -0.3 is 14.9 Å². The summed E-state index contributed by atoms with van der Waals surface area (Å²) in [7, 11) is 0. The van der Waals surface area contributed by atoms with Gasteiger partial charge in [-0.25, -0.2) is 4.79 Å². The number of hydrogen-bond acceptors (Lipinski definition) is 3. The van der Waals surface area contributed by atoms with E-state index in [1.807, 2.05) is 6.92 Å². The summed E-state index contributed by atoms with van der Waals surface area (Å²) in [6.45, 7) is 5.13. The van der Waals surface area contributed by atoms with Crippen molar-refractivity contribution in [3.63, 3.8) is 0 Å². The lowest BCUT2D eigenvalue weighted by molar-refractivity contribution is -0.155. The van der Waals surface area contributed by atoms with Crippen molar-refractivity contribution < 1.29 is 19.5 Å². The van der Waals surface area contributed by atoms with Gasteiger partial charge in [0.2, 0.25) is 0 Å². The number of carbonyl (C=O) groups is 3. The molecule has 1 aliphatic rings. The third-order valence-corrected chi connectivity index (χ3v) is 2.85. The second kappa shape index (κ2) is 6.18. The van der Waals surface area contributed by atoms with Crippen molar-refractivity contribution in [3.05, 3.63) is 11.6 Å². The molecule has 0 aromatic carbocycles. The van der Waals surface area contributed by atoms with E-state index in [4.69, 9.17) is 5.11 Å². The lowest BCUT2D eigenvalue weighted by Crippen LogP contribution is -2.54. The molecule has 18 heavy (non-hydrogen) atoms. The van der Waals surface area contributed by atoms with Gasteiger partial charge in [-0.1, -0.05) is 13.0 Å². The molecule has 0 spiro atoms. The maximum absolute atomic E-state index is 11.8. The molecule has 1 N–H and O–H groups in total. The number of rotatable bonds is 5. The zero-order chi connectivity index (χ0) is 13.7. The maximum Gasteiger partial charge on any atom is 0.331 e. The Labute approximate surface area is 106 Å². The van der Waals surface area contributed by atoms with Gasteiger partial charge in [0.15, 0.2) is 0 Å². The first kappa shape index (κ1) is 14.2. The molecule has 1 aliphatic heterocycles. The highest BCUT2D eigenvalue weighted by Crippen LogP contribution is 2.06. The molecular weight excluding hydrogens is 236 g/mol. The van der Waals surface area contributed by atoms with Gasteiger partial charge in [0, 0.05) is 31.8 Å². The summed E-state index contributed by atoms with van der Waals surface area (Å²) in [6, 6.07) is 0. The molecule has 0 saturated carbocycles. The summed E-state index contributed by atoms with van der Waals surface area (Å²) < 4.78 is 0. The van der Waals surface area contributed by atoms with E-state index in [1.54, 1.807) is 0 Å². The zero-order valence-corrected chi connectivity index (χ0v) is 10.7. The SMILES string of the molecule is CCCN1CCN(C/C=C(/C)C(=O)O)C(=O)C1=O. The number of piperazine rings is 1. The van der Waals surface area contributed by atoms with Crippen molar-refractivity contribution in [1.29, 1.82) is 0 Å². The van der Waals surface area contributed by atoms with Crippen molar-refractivity contribution in [3.8, 4) is 0 Å². The van der Waals surface area contributed by atoms with E-state index >= 15 is 0 Å². The van der Waals surface area contributed by atoms with Crippen LogP contribution < -0.4 is 0 Å². The van der Waals surface area contributed by atoms with Gasteiger partial charge in [0.25, 0.3) is 0 Å². The Kier molecular flexibility index (Phi) is 4.88. The summed E-state index contributed by atoms with van der Waals surface area (Å²) >= 11 is 0. The topological polar surface area (TPSA) is 77.9 Å². The number of carboxylic acid groups (broad SMARTS) is 1. The number of aliphatic carboxylic acids is 1. The molecule has 0 unspecified atom stereocenters. The van der Waals surface area contributed by atoms with Gasteiger partial charge in [-0.3, -0.25) is 9.59 Å². The fourth-order valence-electron chi connectivity index (χ4n) is 1.71. The van der Waals surface area contributed by atoms with Crippen molar-refractivity contribution in [2.45, 2.75) is 20.3 Å². The molecule has 100 valence electrons. The van der Waals surface area contributed by atoms with Crippen LogP contribution in [-0.2, 0) is 14.4 Å². The molecule has 1 fully saturated rings. The lowest BCUT2D eigenvalue weighted by Gasteiger charge is -2.33. The average Bonchev–Trinajstić information content (AvgIpc) is 2.33. The van der Waals surface area contributed by atoms with E-state index in [0.29, 0.717) is 19.6 Å². The molecule has 1 heterocycles. The minimum absolute atomic E-state index is 0.169. The first-order valence-corrected chi connectivity index (χ1v) is 5.95. The third kappa shape index (κ3) is 3.32. The molecule has 1 rings (SSSR count). The number of amides is 2. The maximum atomic E-state index is 11.8. The summed E-state index contributed by atoms with van der Waals surface area (Å²) in [5.74, 6) is -2.06. The number of nitrogens with zero attached hydrogens (tertiary/aromatic N) is 2. The molecule has 0 aliphatic carbocycles. The molecule has 0 radical (unpaired) electrons. The van der Waals surface area contributed by atoms with Gasteiger partial charge in [0.05, 0.1) is 0 Å². The quantitative estimate of drug-likeness (QED) is 0.557. The van der Waals surface area contributed by atoms with Crippen LogP contribution in [-0.4, -0.2) is 58.9 Å². The summed E-state index contributed by atoms with van der Waals surface area (Å²) in [5.41, 5.74) is 0.172. The van der Waals surface area contributed by atoms with Gasteiger partial charge >= 0.3 is 17.8 Å². The highest BCUT2D eigenvalue weighted by molar-refractivity contribution is 6.35. The Bertz CT molecular complexity index is 390. The first-order valence-electron chi connectivity index (χ1n) is 5.95. The number of hydrogen-bond donors (Lipinski definition) is 1. The Hall–Kier alpha value is -1.85. The first-order chi connectivity index (χ1) is 8.47. The number of carbonyl (C=O) groups excluding carboxylic acids is 2. The van der Waals surface area contributed by atoms with Crippen LogP contribution in [0.2, 0.25) is 0 Å². The molecule has 0 atom stereocenters. The standard InChI is InChI=1S/C12H18N2O4/c1-3-5-13-7-8-14(11(16)10(13)15)6-4-9(2)12(17)18/h4H,3,5-8H2,1-2H3,(H,17,18)/b9-4-. The van der Waals surface area contributed by atoms with Gasteiger partial charge in [-0.15, -0.1) is 0 Å². The van der Waals surface area contributed by atoms with Crippen LogP contribution in [0.3, 0.4) is 0 Å². The molecule has 1 saturated heterocycles. The smallest absolute Gasteiger partial charge is 0.331 e. The van der Waals surface area contributed by atoms with E-state index < -0.39 is 17.8 Å². The fraction of sp³-hybridized carbons (Fsp3) is 0.583. The van der Waals surface area contributed by atoms with Gasteiger partial charge in [-0.05, 0) is 13.3 Å². The predicted molar refractivity (Wildman–Crippen MR) is 64.8 cm³/mol. The van der Waals surface area contributed by atoms with E-state index in [2.05, 4.69) is 0 Å². The minimum atomic E-state index is -1.02. The molecular formula is C12H18N2O4. The molecule has 6 heteroatoms.